The molecule has 0 aliphatic carbocycles. The van der Waals surface area contributed by atoms with Crippen molar-refractivity contribution in [1.29, 1.82) is 0 Å². The van der Waals surface area contributed by atoms with Gasteiger partial charge in [0.05, 0.1) is 4.90 Å². The average molecular weight is 365 g/mol. The van der Waals surface area contributed by atoms with E-state index in [1.807, 2.05) is 19.1 Å². The van der Waals surface area contributed by atoms with Gasteiger partial charge in [0.1, 0.15) is 0 Å². The summed E-state index contributed by atoms with van der Waals surface area (Å²) < 4.78 is 27.6. The molecule has 3 nitrogen and oxygen atoms in total. The van der Waals surface area contributed by atoms with Crippen molar-refractivity contribution in [1.82, 2.24) is 4.31 Å². The number of rotatable bonds is 2. The molecule has 0 bridgehead atoms. The molecule has 1 aliphatic heterocycles. The fourth-order valence-corrected chi connectivity index (χ4v) is 4.23. The highest BCUT2D eigenvalue weighted by Crippen LogP contribution is 2.25. The Kier molecular flexibility index (Phi) is 4.10. The lowest BCUT2D eigenvalue weighted by Gasteiger charge is -2.32. The van der Waals surface area contributed by atoms with Crippen LogP contribution in [0.1, 0.15) is 26.2 Å². The van der Waals surface area contributed by atoms with Gasteiger partial charge in [0.2, 0.25) is 10.0 Å². The van der Waals surface area contributed by atoms with Crippen molar-refractivity contribution in [3.05, 3.63) is 27.8 Å². The van der Waals surface area contributed by atoms with Gasteiger partial charge in [-0.3, -0.25) is 0 Å². The maximum atomic E-state index is 12.4. The normalized spacial score (nSPS) is 22.6. The van der Waals surface area contributed by atoms with Gasteiger partial charge in [0, 0.05) is 16.2 Å². The monoisotopic (exact) mass is 365 g/mol. The van der Waals surface area contributed by atoms with Crippen LogP contribution in [0.4, 0.5) is 0 Å². The van der Waals surface area contributed by atoms with E-state index in [9.17, 15) is 8.42 Å². The molecule has 2 rings (SSSR count). The number of sulfonamides is 1. The standard InChI is InChI=1S/C12H16INO2S/c1-10-4-2-3-9-14(10)17(15,16)12-7-5-11(13)6-8-12/h5-8,10H,2-4,9H2,1H3. The van der Waals surface area contributed by atoms with E-state index in [-0.39, 0.29) is 6.04 Å². The van der Waals surface area contributed by atoms with E-state index in [2.05, 4.69) is 22.6 Å². The van der Waals surface area contributed by atoms with Crippen LogP contribution in [-0.4, -0.2) is 25.3 Å². The van der Waals surface area contributed by atoms with Crippen LogP contribution in [0.15, 0.2) is 29.2 Å². The topological polar surface area (TPSA) is 37.4 Å². The van der Waals surface area contributed by atoms with Gasteiger partial charge in [-0.25, -0.2) is 8.42 Å². The molecule has 1 aliphatic rings. The molecule has 94 valence electrons. The largest absolute Gasteiger partial charge is 0.243 e. The fourth-order valence-electron chi connectivity index (χ4n) is 2.17. The second-order valence-corrected chi connectivity index (χ2v) is 7.55. The number of hydrogen-bond acceptors (Lipinski definition) is 2. The van der Waals surface area contributed by atoms with Gasteiger partial charge < -0.3 is 0 Å². The summed E-state index contributed by atoms with van der Waals surface area (Å²) >= 11 is 2.17. The SMILES string of the molecule is CC1CCCCN1S(=O)(=O)c1ccc(I)cc1. The molecule has 0 aromatic heterocycles. The van der Waals surface area contributed by atoms with Crippen molar-refractivity contribution in [3.63, 3.8) is 0 Å². The molecular weight excluding hydrogens is 349 g/mol. The predicted molar refractivity (Wildman–Crippen MR) is 76.4 cm³/mol. The van der Waals surface area contributed by atoms with Gasteiger partial charge >= 0.3 is 0 Å². The van der Waals surface area contributed by atoms with E-state index in [0.717, 1.165) is 22.8 Å². The maximum absolute atomic E-state index is 12.4. The van der Waals surface area contributed by atoms with Crippen LogP contribution in [0.2, 0.25) is 0 Å². The smallest absolute Gasteiger partial charge is 0.207 e. The van der Waals surface area contributed by atoms with Crippen molar-refractivity contribution in [2.45, 2.75) is 37.1 Å². The molecule has 0 spiro atoms. The molecule has 1 aromatic carbocycles. The van der Waals surface area contributed by atoms with Crippen LogP contribution in [-0.2, 0) is 10.0 Å². The summed E-state index contributed by atoms with van der Waals surface area (Å²) in [5, 5.41) is 0. The van der Waals surface area contributed by atoms with E-state index < -0.39 is 10.0 Å². The first-order valence-corrected chi connectivity index (χ1v) is 8.31. The van der Waals surface area contributed by atoms with Gasteiger partial charge in [-0.2, -0.15) is 4.31 Å². The van der Waals surface area contributed by atoms with E-state index in [4.69, 9.17) is 0 Å². The van der Waals surface area contributed by atoms with Crippen LogP contribution in [0.25, 0.3) is 0 Å². The van der Waals surface area contributed by atoms with Crippen molar-refractivity contribution in [3.8, 4) is 0 Å². The van der Waals surface area contributed by atoms with Crippen molar-refractivity contribution >= 4 is 32.6 Å². The van der Waals surface area contributed by atoms with Crippen molar-refractivity contribution < 1.29 is 8.42 Å². The Balaban J connectivity index is 2.32. The summed E-state index contributed by atoms with van der Waals surface area (Å²) in [6, 6.07) is 7.18. The quantitative estimate of drug-likeness (QED) is 0.756. The van der Waals surface area contributed by atoms with Crippen LogP contribution < -0.4 is 0 Å². The van der Waals surface area contributed by atoms with E-state index >= 15 is 0 Å². The first-order valence-electron chi connectivity index (χ1n) is 5.79. The van der Waals surface area contributed by atoms with Gasteiger partial charge in [-0.15, -0.1) is 0 Å². The zero-order chi connectivity index (χ0) is 12.5. The van der Waals surface area contributed by atoms with E-state index in [1.54, 1.807) is 16.4 Å². The molecule has 0 radical (unpaired) electrons. The summed E-state index contributed by atoms with van der Waals surface area (Å²) in [5.74, 6) is 0. The lowest BCUT2D eigenvalue weighted by Crippen LogP contribution is -2.41. The Hall–Kier alpha value is -0.140. The molecule has 1 unspecified atom stereocenters. The first kappa shape index (κ1) is 13.3. The Labute approximate surface area is 116 Å². The number of piperidine rings is 1. The summed E-state index contributed by atoms with van der Waals surface area (Å²) in [7, 11) is -3.30. The number of nitrogens with zero attached hydrogens (tertiary/aromatic N) is 1. The minimum atomic E-state index is -3.30. The molecule has 0 amide bonds. The number of hydrogen-bond donors (Lipinski definition) is 0. The summed E-state index contributed by atoms with van der Waals surface area (Å²) in [5.41, 5.74) is 0. The Morgan fingerprint density at radius 3 is 2.47 bits per heavy atom. The molecule has 17 heavy (non-hydrogen) atoms. The van der Waals surface area contributed by atoms with Gasteiger partial charge in [0.15, 0.2) is 0 Å². The summed E-state index contributed by atoms with van der Waals surface area (Å²) in [6.45, 7) is 2.64. The molecule has 0 saturated carbocycles. The Bertz CT molecular complexity index is 484. The Morgan fingerprint density at radius 1 is 1.24 bits per heavy atom. The third-order valence-corrected chi connectivity index (χ3v) is 5.91. The van der Waals surface area contributed by atoms with Gasteiger partial charge in [-0.1, -0.05) is 6.42 Å². The van der Waals surface area contributed by atoms with Gasteiger partial charge in [0.25, 0.3) is 0 Å². The molecule has 1 aromatic rings. The van der Waals surface area contributed by atoms with E-state index in [0.29, 0.717) is 11.4 Å². The summed E-state index contributed by atoms with van der Waals surface area (Å²) in [4.78, 5) is 0.409. The lowest BCUT2D eigenvalue weighted by molar-refractivity contribution is 0.268. The number of benzene rings is 1. The Morgan fingerprint density at radius 2 is 1.88 bits per heavy atom. The second kappa shape index (κ2) is 5.24. The van der Waals surface area contributed by atoms with Crippen molar-refractivity contribution in [2.75, 3.05) is 6.54 Å². The minimum Gasteiger partial charge on any atom is -0.207 e. The average Bonchev–Trinajstić information content (AvgIpc) is 2.30. The highest BCUT2D eigenvalue weighted by Gasteiger charge is 2.30. The summed E-state index contributed by atoms with van der Waals surface area (Å²) in [6.07, 6.45) is 3.05. The fraction of sp³-hybridized carbons (Fsp3) is 0.500. The lowest BCUT2D eigenvalue weighted by atomic mass is 10.1. The molecule has 1 saturated heterocycles. The second-order valence-electron chi connectivity index (χ2n) is 4.41. The minimum absolute atomic E-state index is 0.119. The first-order chi connectivity index (χ1) is 8.01. The zero-order valence-electron chi connectivity index (χ0n) is 9.77. The third kappa shape index (κ3) is 2.82. The van der Waals surface area contributed by atoms with E-state index in [1.165, 1.54) is 0 Å². The van der Waals surface area contributed by atoms with Crippen LogP contribution in [0.3, 0.4) is 0 Å². The molecule has 1 heterocycles. The van der Waals surface area contributed by atoms with Crippen LogP contribution in [0.5, 0.6) is 0 Å². The predicted octanol–water partition coefficient (Wildman–Crippen LogP) is 2.85. The van der Waals surface area contributed by atoms with Crippen molar-refractivity contribution in [2.24, 2.45) is 0 Å². The maximum Gasteiger partial charge on any atom is 0.243 e. The molecule has 1 atom stereocenters. The number of halogens is 1. The molecule has 1 fully saturated rings. The highest BCUT2D eigenvalue weighted by atomic mass is 127. The molecular formula is C12H16INO2S. The third-order valence-electron chi connectivity index (χ3n) is 3.16. The zero-order valence-corrected chi connectivity index (χ0v) is 12.7. The van der Waals surface area contributed by atoms with Crippen LogP contribution >= 0.6 is 22.6 Å². The molecule has 0 N–H and O–H groups in total. The molecule has 5 heteroatoms. The highest BCUT2D eigenvalue weighted by molar-refractivity contribution is 14.1. The van der Waals surface area contributed by atoms with Gasteiger partial charge in [-0.05, 0) is 66.6 Å². The van der Waals surface area contributed by atoms with Crippen LogP contribution in [0, 0.1) is 3.57 Å².